The first-order valence-electron chi connectivity index (χ1n) is 6.60. The van der Waals surface area contributed by atoms with Crippen LogP contribution in [0.1, 0.15) is 5.56 Å². The van der Waals surface area contributed by atoms with Gasteiger partial charge in [-0.1, -0.05) is 54.6 Å². The minimum absolute atomic E-state index is 1.01. The molecule has 2 heterocycles. The van der Waals surface area contributed by atoms with Gasteiger partial charge in [-0.2, -0.15) is 0 Å². The number of hydrogen-bond acceptors (Lipinski definition) is 2. The number of aliphatic imine (C=N–C) groups is 2. The Morgan fingerprint density at radius 3 is 2.30 bits per heavy atom. The highest BCUT2D eigenvalue weighted by Crippen LogP contribution is 2.31. The molecule has 0 aromatic heterocycles. The lowest BCUT2D eigenvalue weighted by atomic mass is 9.93. The molecule has 2 aromatic rings. The summed E-state index contributed by atoms with van der Waals surface area (Å²) in [7, 11) is 0. The third kappa shape index (κ3) is 1.66. The largest absolute Gasteiger partial charge is 0.263 e. The topological polar surface area (TPSA) is 24.7 Å². The molecule has 20 heavy (non-hydrogen) atoms. The van der Waals surface area contributed by atoms with Crippen LogP contribution < -0.4 is 0 Å². The molecule has 0 radical (unpaired) electrons. The molecule has 0 aliphatic carbocycles. The fraction of sp³-hybridized carbons (Fsp3) is 0. The maximum absolute atomic E-state index is 4.57. The number of benzene rings is 2. The van der Waals surface area contributed by atoms with Crippen LogP contribution in [0.4, 0.5) is 0 Å². The van der Waals surface area contributed by atoms with Crippen molar-refractivity contribution in [1.82, 2.24) is 0 Å². The fourth-order valence-electron chi connectivity index (χ4n) is 2.61. The Balaban J connectivity index is 1.85. The van der Waals surface area contributed by atoms with Gasteiger partial charge in [0, 0.05) is 35.3 Å². The fourth-order valence-corrected chi connectivity index (χ4v) is 2.61. The second-order valence-electron chi connectivity index (χ2n) is 4.79. The van der Waals surface area contributed by atoms with E-state index < -0.39 is 0 Å². The summed E-state index contributed by atoms with van der Waals surface area (Å²) in [6.07, 6.45) is 5.63. The molecule has 2 nitrogen and oxygen atoms in total. The van der Waals surface area contributed by atoms with Crippen LogP contribution >= 0.6 is 0 Å². The molecule has 0 spiro atoms. The van der Waals surface area contributed by atoms with Crippen molar-refractivity contribution in [3.63, 3.8) is 0 Å². The Labute approximate surface area is 117 Å². The highest BCUT2D eigenvalue weighted by atomic mass is 14.8. The number of rotatable bonds is 2. The molecule has 0 unspecified atom stereocenters. The molecule has 2 aliphatic heterocycles. The van der Waals surface area contributed by atoms with E-state index in [1.807, 2.05) is 24.7 Å². The Morgan fingerprint density at radius 1 is 0.700 bits per heavy atom. The Kier molecular flexibility index (Phi) is 2.46. The van der Waals surface area contributed by atoms with Crippen molar-refractivity contribution in [2.75, 3.05) is 0 Å². The maximum atomic E-state index is 4.57. The summed E-state index contributed by atoms with van der Waals surface area (Å²) in [5.41, 5.74) is 6.79. The molecule has 0 fully saturated rings. The van der Waals surface area contributed by atoms with Gasteiger partial charge >= 0.3 is 0 Å². The third-order valence-electron chi connectivity index (χ3n) is 3.58. The van der Waals surface area contributed by atoms with Gasteiger partial charge in [-0.15, -0.1) is 0 Å². The van der Waals surface area contributed by atoms with Crippen LogP contribution in [-0.2, 0) is 0 Å². The average Bonchev–Trinajstić information content (AvgIpc) is 3.11. The predicted octanol–water partition coefficient (Wildman–Crippen LogP) is 4.01. The minimum atomic E-state index is 1.01. The van der Waals surface area contributed by atoms with Crippen molar-refractivity contribution < 1.29 is 0 Å². The SMILES string of the molecule is C1=NC=C2C1=CN=C2c1ccccc1-c1ccccc1. The second-order valence-corrected chi connectivity index (χ2v) is 4.79. The van der Waals surface area contributed by atoms with Gasteiger partial charge in [0.25, 0.3) is 0 Å². The molecule has 2 aliphatic rings. The van der Waals surface area contributed by atoms with Gasteiger partial charge < -0.3 is 0 Å². The molecule has 0 N–H and O–H groups in total. The molecular formula is C18H12N2. The van der Waals surface area contributed by atoms with Crippen LogP contribution in [0.2, 0.25) is 0 Å². The highest BCUT2D eigenvalue weighted by Gasteiger charge is 2.22. The molecule has 0 amide bonds. The van der Waals surface area contributed by atoms with Crippen molar-refractivity contribution in [2.45, 2.75) is 0 Å². The summed E-state index contributed by atoms with van der Waals surface area (Å²) < 4.78 is 0. The van der Waals surface area contributed by atoms with Crippen LogP contribution in [-0.4, -0.2) is 11.9 Å². The van der Waals surface area contributed by atoms with Gasteiger partial charge in [-0.3, -0.25) is 9.98 Å². The molecule has 0 saturated carbocycles. The summed E-state index contributed by atoms with van der Waals surface area (Å²) in [4.78, 5) is 8.78. The van der Waals surface area contributed by atoms with Crippen molar-refractivity contribution in [2.24, 2.45) is 9.98 Å². The first kappa shape index (κ1) is 11.1. The zero-order valence-corrected chi connectivity index (χ0v) is 10.8. The van der Waals surface area contributed by atoms with Gasteiger partial charge in [-0.25, -0.2) is 0 Å². The number of fused-ring (bicyclic) bond motifs is 1. The maximum Gasteiger partial charge on any atom is 0.0803 e. The molecule has 2 aromatic carbocycles. The lowest BCUT2D eigenvalue weighted by Crippen LogP contribution is -2.04. The first-order valence-corrected chi connectivity index (χ1v) is 6.60. The summed E-state index contributed by atoms with van der Waals surface area (Å²) in [6.45, 7) is 0. The summed E-state index contributed by atoms with van der Waals surface area (Å²) in [6, 6.07) is 18.8. The lowest BCUT2D eigenvalue weighted by Gasteiger charge is -2.10. The van der Waals surface area contributed by atoms with Crippen molar-refractivity contribution in [3.8, 4) is 11.1 Å². The summed E-state index contributed by atoms with van der Waals surface area (Å²) in [5.74, 6) is 0. The molecule has 0 bridgehead atoms. The van der Waals surface area contributed by atoms with Crippen LogP contribution in [0.5, 0.6) is 0 Å². The normalized spacial score (nSPS) is 15.7. The minimum Gasteiger partial charge on any atom is -0.263 e. The number of nitrogens with zero attached hydrogens (tertiary/aromatic N) is 2. The van der Waals surface area contributed by atoms with E-state index in [2.05, 4.69) is 58.5 Å². The molecule has 0 atom stereocenters. The van der Waals surface area contributed by atoms with Gasteiger partial charge in [0.05, 0.1) is 5.71 Å². The quantitative estimate of drug-likeness (QED) is 0.775. The Bertz CT molecular complexity index is 793. The standard InChI is InChI=1S/C18H12N2/c1-2-6-13(7-3-1)15-8-4-5-9-16(15)18-17-12-19-10-14(17)11-20-18/h1-12H. The van der Waals surface area contributed by atoms with Crippen LogP contribution in [0.3, 0.4) is 0 Å². The van der Waals surface area contributed by atoms with E-state index in [1.54, 1.807) is 0 Å². The van der Waals surface area contributed by atoms with E-state index in [9.17, 15) is 0 Å². The van der Waals surface area contributed by atoms with E-state index in [0.717, 1.165) is 22.4 Å². The number of allylic oxidation sites excluding steroid dienone is 2. The summed E-state index contributed by atoms with van der Waals surface area (Å²) >= 11 is 0. The first-order chi connectivity index (χ1) is 9.93. The second kappa shape index (κ2) is 4.42. The predicted molar refractivity (Wildman–Crippen MR) is 83.1 cm³/mol. The summed E-state index contributed by atoms with van der Waals surface area (Å²) in [5, 5.41) is 0. The van der Waals surface area contributed by atoms with Crippen molar-refractivity contribution >= 4 is 11.9 Å². The Hall–Kier alpha value is -2.74. The highest BCUT2D eigenvalue weighted by molar-refractivity contribution is 6.24. The van der Waals surface area contributed by atoms with Gasteiger partial charge in [0.2, 0.25) is 0 Å². The van der Waals surface area contributed by atoms with Gasteiger partial charge in [0.1, 0.15) is 0 Å². The van der Waals surface area contributed by atoms with Gasteiger partial charge in [-0.05, 0) is 11.1 Å². The van der Waals surface area contributed by atoms with Crippen LogP contribution in [0.15, 0.2) is 88.1 Å². The zero-order chi connectivity index (χ0) is 13.4. The van der Waals surface area contributed by atoms with Crippen LogP contribution in [0, 0.1) is 0 Å². The monoisotopic (exact) mass is 256 g/mol. The molecule has 94 valence electrons. The van der Waals surface area contributed by atoms with E-state index in [1.165, 1.54) is 11.1 Å². The van der Waals surface area contributed by atoms with E-state index in [-0.39, 0.29) is 0 Å². The van der Waals surface area contributed by atoms with Crippen molar-refractivity contribution in [3.05, 3.63) is 83.7 Å². The average molecular weight is 256 g/mol. The third-order valence-corrected chi connectivity index (χ3v) is 3.58. The number of hydrogen-bond donors (Lipinski definition) is 0. The van der Waals surface area contributed by atoms with E-state index >= 15 is 0 Å². The smallest absolute Gasteiger partial charge is 0.0803 e. The lowest BCUT2D eigenvalue weighted by molar-refractivity contribution is 1.53. The van der Waals surface area contributed by atoms with E-state index in [0.29, 0.717) is 0 Å². The molecule has 4 rings (SSSR count). The van der Waals surface area contributed by atoms with Crippen LogP contribution in [0.25, 0.3) is 11.1 Å². The van der Waals surface area contributed by atoms with E-state index in [4.69, 9.17) is 0 Å². The molecule has 2 heteroatoms. The zero-order valence-electron chi connectivity index (χ0n) is 10.8. The molecule has 0 saturated heterocycles. The van der Waals surface area contributed by atoms with Crippen molar-refractivity contribution in [1.29, 1.82) is 0 Å². The Morgan fingerprint density at radius 2 is 1.45 bits per heavy atom. The van der Waals surface area contributed by atoms with Gasteiger partial charge in [0.15, 0.2) is 0 Å². The molecular weight excluding hydrogens is 244 g/mol.